The van der Waals surface area contributed by atoms with Gasteiger partial charge in [-0.3, -0.25) is 9.69 Å². The molecule has 2 rings (SSSR count). The molecular formula is C12H23N3O2. The number of likely N-dealkylation sites (tertiary alicyclic amines) is 1. The lowest BCUT2D eigenvalue weighted by Gasteiger charge is -2.33. The molecule has 0 radical (unpaired) electrons. The van der Waals surface area contributed by atoms with Crippen molar-refractivity contribution < 1.29 is 9.90 Å². The highest BCUT2D eigenvalue weighted by Crippen LogP contribution is 2.16. The molecule has 2 heterocycles. The van der Waals surface area contributed by atoms with Crippen molar-refractivity contribution >= 4 is 5.91 Å². The zero-order chi connectivity index (χ0) is 12.3. The van der Waals surface area contributed by atoms with Gasteiger partial charge in [0.25, 0.3) is 0 Å². The highest BCUT2D eigenvalue weighted by Gasteiger charge is 2.29. The summed E-state index contributed by atoms with van der Waals surface area (Å²) in [7, 11) is 2.15. The summed E-state index contributed by atoms with van der Waals surface area (Å²) in [6, 6.07) is 0. The smallest absolute Gasteiger partial charge is 0.223 e. The fourth-order valence-corrected chi connectivity index (χ4v) is 2.53. The number of amides is 1. The molecule has 1 atom stereocenters. The molecule has 5 heteroatoms. The quantitative estimate of drug-likeness (QED) is 0.691. The van der Waals surface area contributed by atoms with Crippen molar-refractivity contribution in [3.05, 3.63) is 0 Å². The van der Waals surface area contributed by atoms with Gasteiger partial charge in [-0.15, -0.1) is 0 Å². The predicted octanol–water partition coefficient (Wildman–Crippen LogP) is -0.925. The number of carbonyl (C=O) groups excluding carboxylic acids is 1. The first kappa shape index (κ1) is 12.8. The van der Waals surface area contributed by atoms with E-state index in [1.165, 1.54) is 0 Å². The fraction of sp³-hybridized carbons (Fsp3) is 0.917. The molecule has 1 amide bonds. The number of hydrogen-bond donors (Lipinski definition) is 1. The van der Waals surface area contributed by atoms with Crippen LogP contribution in [0.3, 0.4) is 0 Å². The number of aliphatic hydroxyl groups is 1. The van der Waals surface area contributed by atoms with Gasteiger partial charge in [0.1, 0.15) is 0 Å². The molecule has 0 aliphatic carbocycles. The molecule has 1 unspecified atom stereocenters. The van der Waals surface area contributed by atoms with Crippen LogP contribution in [0.25, 0.3) is 0 Å². The number of carbonyl (C=O) groups is 1. The summed E-state index contributed by atoms with van der Waals surface area (Å²) in [4.78, 5) is 18.3. The third kappa shape index (κ3) is 3.40. The number of rotatable bonds is 4. The molecule has 5 nitrogen and oxygen atoms in total. The predicted molar refractivity (Wildman–Crippen MR) is 65.7 cm³/mol. The molecule has 2 aliphatic heterocycles. The van der Waals surface area contributed by atoms with Gasteiger partial charge in [-0.2, -0.15) is 0 Å². The van der Waals surface area contributed by atoms with E-state index < -0.39 is 0 Å². The molecule has 0 aromatic rings. The second kappa shape index (κ2) is 5.80. The number of piperazine rings is 1. The van der Waals surface area contributed by atoms with Gasteiger partial charge >= 0.3 is 0 Å². The van der Waals surface area contributed by atoms with Gasteiger partial charge in [0.15, 0.2) is 0 Å². The van der Waals surface area contributed by atoms with Gasteiger partial charge < -0.3 is 14.9 Å². The molecule has 2 saturated heterocycles. The van der Waals surface area contributed by atoms with E-state index in [1.54, 1.807) is 0 Å². The Hall–Kier alpha value is -0.650. The van der Waals surface area contributed by atoms with Crippen molar-refractivity contribution in [2.45, 2.75) is 6.42 Å². The Morgan fingerprint density at radius 3 is 2.53 bits per heavy atom. The van der Waals surface area contributed by atoms with E-state index in [2.05, 4.69) is 16.8 Å². The van der Waals surface area contributed by atoms with Gasteiger partial charge in [0.05, 0.1) is 0 Å². The average molecular weight is 241 g/mol. The van der Waals surface area contributed by atoms with Gasteiger partial charge in [0, 0.05) is 64.8 Å². The summed E-state index contributed by atoms with van der Waals surface area (Å²) in [5.74, 6) is 0.369. The Labute approximate surface area is 103 Å². The van der Waals surface area contributed by atoms with Crippen LogP contribution in [-0.4, -0.2) is 85.2 Å². The largest absolute Gasteiger partial charge is 0.396 e. The van der Waals surface area contributed by atoms with Gasteiger partial charge in [-0.05, 0) is 7.05 Å². The van der Waals surface area contributed by atoms with Crippen molar-refractivity contribution in [2.75, 3.05) is 59.5 Å². The lowest BCUT2D eigenvalue weighted by molar-refractivity contribution is -0.128. The van der Waals surface area contributed by atoms with Crippen LogP contribution in [0.1, 0.15) is 6.42 Å². The van der Waals surface area contributed by atoms with Crippen molar-refractivity contribution in [2.24, 2.45) is 5.92 Å². The van der Waals surface area contributed by atoms with Gasteiger partial charge in [-0.1, -0.05) is 0 Å². The average Bonchev–Trinajstić information content (AvgIpc) is 2.69. The second-order valence-corrected chi connectivity index (χ2v) is 5.24. The zero-order valence-electron chi connectivity index (χ0n) is 10.6. The maximum Gasteiger partial charge on any atom is 0.223 e. The molecule has 2 fully saturated rings. The van der Waals surface area contributed by atoms with E-state index in [0.29, 0.717) is 6.42 Å². The summed E-state index contributed by atoms with van der Waals surface area (Å²) in [6.45, 7) is 7.10. The maximum absolute atomic E-state index is 11.7. The standard InChI is InChI=1S/C12H23N3O2/c1-13-2-4-14(5-3-13)6-7-15-9-11(10-16)8-12(15)17/h11,16H,2-10H2,1H3. The minimum absolute atomic E-state index is 0.136. The maximum atomic E-state index is 11.7. The molecule has 17 heavy (non-hydrogen) atoms. The highest BCUT2D eigenvalue weighted by molar-refractivity contribution is 5.78. The van der Waals surface area contributed by atoms with Gasteiger partial charge in [0.2, 0.25) is 5.91 Å². The molecule has 1 N–H and O–H groups in total. The first-order chi connectivity index (χ1) is 8.19. The molecule has 2 aliphatic rings. The topological polar surface area (TPSA) is 47.0 Å². The number of nitrogens with zero attached hydrogens (tertiary/aromatic N) is 3. The van der Waals surface area contributed by atoms with Crippen LogP contribution in [0.4, 0.5) is 0 Å². The van der Waals surface area contributed by atoms with E-state index in [4.69, 9.17) is 5.11 Å². The molecule has 0 aromatic heterocycles. The molecule has 98 valence electrons. The molecular weight excluding hydrogens is 218 g/mol. The highest BCUT2D eigenvalue weighted by atomic mass is 16.3. The first-order valence-corrected chi connectivity index (χ1v) is 6.48. The molecule has 0 bridgehead atoms. The van der Waals surface area contributed by atoms with E-state index in [1.807, 2.05) is 4.90 Å². The van der Waals surface area contributed by atoms with Crippen LogP contribution in [0, 0.1) is 5.92 Å². The Kier molecular flexibility index (Phi) is 4.36. The summed E-state index contributed by atoms with van der Waals surface area (Å²) in [6.07, 6.45) is 0.527. The van der Waals surface area contributed by atoms with Crippen LogP contribution in [0.2, 0.25) is 0 Å². The molecule has 0 aromatic carbocycles. The Bertz CT molecular complexity index is 264. The third-order valence-electron chi connectivity index (χ3n) is 3.83. The van der Waals surface area contributed by atoms with Crippen LogP contribution in [0.5, 0.6) is 0 Å². The molecule has 0 spiro atoms. The summed E-state index contributed by atoms with van der Waals surface area (Å²) < 4.78 is 0. The van der Waals surface area contributed by atoms with Crippen LogP contribution in [-0.2, 0) is 4.79 Å². The summed E-state index contributed by atoms with van der Waals surface area (Å²) in [5, 5.41) is 9.05. The van der Waals surface area contributed by atoms with Crippen molar-refractivity contribution in [1.82, 2.24) is 14.7 Å². The lowest BCUT2D eigenvalue weighted by Crippen LogP contribution is -2.47. The van der Waals surface area contributed by atoms with Crippen molar-refractivity contribution in [1.29, 1.82) is 0 Å². The minimum Gasteiger partial charge on any atom is -0.396 e. The Morgan fingerprint density at radius 2 is 1.94 bits per heavy atom. The van der Waals surface area contributed by atoms with Gasteiger partial charge in [-0.25, -0.2) is 0 Å². The third-order valence-corrected chi connectivity index (χ3v) is 3.83. The lowest BCUT2D eigenvalue weighted by atomic mass is 10.1. The molecule has 0 saturated carbocycles. The summed E-state index contributed by atoms with van der Waals surface area (Å²) >= 11 is 0. The zero-order valence-corrected chi connectivity index (χ0v) is 10.6. The number of likely N-dealkylation sites (N-methyl/N-ethyl adjacent to an activating group) is 1. The van der Waals surface area contributed by atoms with Crippen LogP contribution < -0.4 is 0 Å². The number of aliphatic hydroxyl groups excluding tert-OH is 1. The minimum atomic E-state index is 0.136. The van der Waals surface area contributed by atoms with E-state index >= 15 is 0 Å². The normalized spacial score (nSPS) is 28.0. The first-order valence-electron chi connectivity index (χ1n) is 6.48. The fourth-order valence-electron chi connectivity index (χ4n) is 2.53. The van der Waals surface area contributed by atoms with E-state index in [9.17, 15) is 4.79 Å². The van der Waals surface area contributed by atoms with Crippen LogP contribution in [0.15, 0.2) is 0 Å². The second-order valence-electron chi connectivity index (χ2n) is 5.24. The summed E-state index contributed by atoms with van der Waals surface area (Å²) in [5.41, 5.74) is 0. The van der Waals surface area contributed by atoms with Crippen molar-refractivity contribution in [3.63, 3.8) is 0 Å². The Balaban J connectivity index is 1.70. The van der Waals surface area contributed by atoms with Crippen LogP contribution >= 0.6 is 0 Å². The van der Waals surface area contributed by atoms with Crippen molar-refractivity contribution in [3.8, 4) is 0 Å². The Morgan fingerprint density at radius 1 is 1.24 bits per heavy atom. The van der Waals surface area contributed by atoms with E-state index in [0.717, 1.165) is 45.8 Å². The monoisotopic (exact) mass is 241 g/mol. The number of hydrogen-bond acceptors (Lipinski definition) is 4. The van der Waals surface area contributed by atoms with E-state index in [-0.39, 0.29) is 18.4 Å². The SMILES string of the molecule is CN1CCN(CCN2CC(CO)CC2=O)CC1.